The van der Waals surface area contributed by atoms with Crippen molar-refractivity contribution in [2.24, 2.45) is 0 Å². The smallest absolute Gasteiger partial charge is 0.123 e. The number of hydrogen-bond acceptors (Lipinski definition) is 3. The van der Waals surface area contributed by atoms with Crippen molar-refractivity contribution in [3.8, 4) is 0 Å². The molecule has 0 aliphatic heterocycles. The summed E-state index contributed by atoms with van der Waals surface area (Å²) in [5.41, 5.74) is 2.24. The molecule has 0 saturated carbocycles. The SMILES string of the molecule is CCCNCc1nc2ccccc2n1CCOC. The first-order valence-electron chi connectivity index (χ1n) is 6.50. The molecular weight excluding hydrogens is 226 g/mol. The largest absolute Gasteiger partial charge is 0.383 e. The zero-order chi connectivity index (χ0) is 12.8. The number of nitrogens with one attached hydrogen (secondary N) is 1. The maximum atomic E-state index is 5.18. The van der Waals surface area contributed by atoms with E-state index in [0.29, 0.717) is 6.61 Å². The molecule has 1 N–H and O–H groups in total. The highest BCUT2D eigenvalue weighted by Crippen LogP contribution is 2.15. The monoisotopic (exact) mass is 247 g/mol. The molecular formula is C14H21N3O. The Labute approximate surface area is 108 Å². The van der Waals surface area contributed by atoms with Crippen LogP contribution in [0.5, 0.6) is 0 Å². The zero-order valence-electron chi connectivity index (χ0n) is 11.1. The molecule has 2 aromatic rings. The number of methoxy groups -OCH3 is 1. The van der Waals surface area contributed by atoms with Crippen LogP contribution in [0.4, 0.5) is 0 Å². The summed E-state index contributed by atoms with van der Waals surface area (Å²) in [5, 5.41) is 3.40. The van der Waals surface area contributed by atoms with Gasteiger partial charge in [-0.15, -0.1) is 0 Å². The number of hydrogen-bond donors (Lipinski definition) is 1. The van der Waals surface area contributed by atoms with Crippen LogP contribution in [0, 0.1) is 0 Å². The highest BCUT2D eigenvalue weighted by atomic mass is 16.5. The van der Waals surface area contributed by atoms with Gasteiger partial charge in [-0.1, -0.05) is 19.1 Å². The molecule has 0 radical (unpaired) electrons. The van der Waals surface area contributed by atoms with Crippen LogP contribution in [0.15, 0.2) is 24.3 Å². The van der Waals surface area contributed by atoms with Gasteiger partial charge in [0.25, 0.3) is 0 Å². The van der Waals surface area contributed by atoms with Crippen LogP contribution in [0.25, 0.3) is 11.0 Å². The highest BCUT2D eigenvalue weighted by Gasteiger charge is 2.09. The minimum atomic E-state index is 0.709. The second-order valence-corrected chi connectivity index (χ2v) is 4.34. The van der Waals surface area contributed by atoms with Gasteiger partial charge in [0, 0.05) is 13.7 Å². The Hall–Kier alpha value is -1.39. The normalized spacial score (nSPS) is 11.2. The number of benzene rings is 1. The predicted molar refractivity (Wildman–Crippen MR) is 73.6 cm³/mol. The lowest BCUT2D eigenvalue weighted by atomic mass is 10.3. The first-order valence-corrected chi connectivity index (χ1v) is 6.50. The third kappa shape index (κ3) is 2.89. The van der Waals surface area contributed by atoms with E-state index in [0.717, 1.165) is 37.4 Å². The topological polar surface area (TPSA) is 39.1 Å². The van der Waals surface area contributed by atoms with Gasteiger partial charge < -0.3 is 14.6 Å². The number of rotatable bonds is 7. The number of imidazole rings is 1. The van der Waals surface area contributed by atoms with E-state index in [-0.39, 0.29) is 0 Å². The van der Waals surface area contributed by atoms with Crippen molar-refractivity contribution in [2.45, 2.75) is 26.4 Å². The van der Waals surface area contributed by atoms with Crippen LogP contribution < -0.4 is 5.32 Å². The summed E-state index contributed by atoms with van der Waals surface area (Å²) in [7, 11) is 1.73. The van der Waals surface area contributed by atoms with E-state index in [1.165, 1.54) is 5.52 Å². The van der Waals surface area contributed by atoms with E-state index in [4.69, 9.17) is 4.74 Å². The molecule has 4 heteroatoms. The molecule has 0 fully saturated rings. The molecule has 0 aliphatic carbocycles. The first-order chi connectivity index (χ1) is 8.86. The van der Waals surface area contributed by atoms with Gasteiger partial charge in [0.05, 0.1) is 24.2 Å². The molecule has 2 rings (SSSR count). The molecule has 18 heavy (non-hydrogen) atoms. The second kappa shape index (κ2) is 6.52. The number of aromatic nitrogens is 2. The molecule has 0 saturated heterocycles. The maximum Gasteiger partial charge on any atom is 0.123 e. The van der Waals surface area contributed by atoms with Crippen molar-refractivity contribution in [2.75, 3.05) is 20.3 Å². The predicted octanol–water partition coefficient (Wildman–Crippen LogP) is 2.18. The number of fused-ring (bicyclic) bond motifs is 1. The van der Waals surface area contributed by atoms with Gasteiger partial charge in [-0.2, -0.15) is 0 Å². The summed E-state index contributed by atoms with van der Waals surface area (Å²) in [6, 6.07) is 8.25. The number of para-hydroxylation sites is 2. The lowest BCUT2D eigenvalue weighted by molar-refractivity contribution is 0.187. The molecule has 0 aliphatic rings. The summed E-state index contributed by atoms with van der Waals surface area (Å²) >= 11 is 0. The van der Waals surface area contributed by atoms with Crippen molar-refractivity contribution in [3.05, 3.63) is 30.1 Å². The van der Waals surface area contributed by atoms with Gasteiger partial charge >= 0.3 is 0 Å². The van der Waals surface area contributed by atoms with Crippen LogP contribution >= 0.6 is 0 Å². The van der Waals surface area contributed by atoms with Gasteiger partial charge in [-0.3, -0.25) is 0 Å². The Morgan fingerprint density at radius 3 is 2.94 bits per heavy atom. The third-order valence-corrected chi connectivity index (χ3v) is 2.96. The average molecular weight is 247 g/mol. The second-order valence-electron chi connectivity index (χ2n) is 4.34. The Morgan fingerprint density at radius 1 is 1.33 bits per heavy atom. The zero-order valence-corrected chi connectivity index (χ0v) is 11.1. The average Bonchev–Trinajstić information content (AvgIpc) is 2.74. The van der Waals surface area contributed by atoms with Gasteiger partial charge in [-0.05, 0) is 25.1 Å². The fourth-order valence-electron chi connectivity index (χ4n) is 2.07. The van der Waals surface area contributed by atoms with Crippen molar-refractivity contribution < 1.29 is 4.74 Å². The van der Waals surface area contributed by atoms with E-state index in [1.54, 1.807) is 7.11 Å². The number of ether oxygens (including phenoxy) is 1. The van der Waals surface area contributed by atoms with Crippen LogP contribution in [0.1, 0.15) is 19.2 Å². The summed E-state index contributed by atoms with van der Waals surface area (Å²) in [5.74, 6) is 1.08. The van der Waals surface area contributed by atoms with Crippen molar-refractivity contribution in [1.29, 1.82) is 0 Å². The van der Waals surface area contributed by atoms with E-state index in [9.17, 15) is 0 Å². The Bertz CT molecular complexity index is 493. The molecule has 0 spiro atoms. The third-order valence-electron chi connectivity index (χ3n) is 2.96. The molecule has 1 aromatic heterocycles. The van der Waals surface area contributed by atoms with E-state index in [2.05, 4.69) is 40.0 Å². The molecule has 0 unspecified atom stereocenters. The molecule has 0 amide bonds. The van der Waals surface area contributed by atoms with Crippen LogP contribution in [-0.2, 0) is 17.8 Å². The van der Waals surface area contributed by atoms with E-state index < -0.39 is 0 Å². The van der Waals surface area contributed by atoms with Crippen molar-refractivity contribution in [1.82, 2.24) is 14.9 Å². The standard InChI is InChI=1S/C14H21N3O/c1-3-8-15-11-14-16-12-6-4-5-7-13(12)17(14)9-10-18-2/h4-7,15H,3,8-11H2,1-2H3. The fraction of sp³-hybridized carbons (Fsp3) is 0.500. The van der Waals surface area contributed by atoms with Gasteiger partial charge in [-0.25, -0.2) is 4.98 Å². The Balaban J connectivity index is 2.25. The van der Waals surface area contributed by atoms with Gasteiger partial charge in [0.1, 0.15) is 5.82 Å². The molecule has 0 bridgehead atoms. The summed E-state index contributed by atoms with van der Waals surface area (Å²) < 4.78 is 7.41. The molecule has 1 heterocycles. The van der Waals surface area contributed by atoms with E-state index >= 15 is 0 Å². The van der Waals surface area contributed by atoms with Crippen LogP contribution in [0.2, 0.25) is 0 Å². The molecule has 1 aromatic carbocycles. The van der Waals surface area contributed by atoms with Crippen LogP contribution in [0.3, 0.4) is 0 Å². The van der Waals surface area contributed by atoms with Gasteiger partial charge in [0.15, 0.2) is 0 Å². The lowest BCUT2D eigenvalue weighted by Crippen LogP contribution is -2.18. The Morgan fingerprint density at radius 2 is 2.17 bits per heavy atom. The fourth-order valence-corrected chi connectivity index (χ4v) is 2.07. The highest BCUT2D eigenvalue weighted by molar-refractivity contribution is 5.75. The molecule has 4 nitrogen and oxygen atoms in total. The summed E-state index contributed by atoms with van der Waals surface area (Å²) in [6.45, 7) is 5.56. The Kier molecular flexibility index (Phi) is 4.73. The van der Waals surface area contributed by atoms with Crippen LogP contribution in [-0.4, -0.2) is 29.8 Å². The van der Waals surface area contributed by atoms with Gasteiger partial charge in [0.2, 0.25) is 0 Å². The minimum Gasteiger partial charge on any atom is -0.383 e. The number of nitrogens with zero attached hydrogens (tertiary/aromatic N) is 2. The summed E-state index contributed by atoms with van der Waals surface area (Å²) in [6.07, 6.45) is 1.14. The first kappa shape index (κ1) is 13.1. The maximum absolute atomic E-state index is 5.18. The minimum absolute atomic E-state index is 0.709. The van der Waals surface area contributed by atoms with Crippen molar-refractivity contribution >= 4 is 11.0 Å². The summed E-state index contributed by atoms with van der Waals surface area (Å²) in [4.78, 5) is 4.68. The van der Waals surface area contributed by atoms with E-state index in [1.807, 2.05) is 6.07 Å². The lowest BCUT2D eigenvalue weighted by Gasteiger charge is -2.09. The molecule has 98 valence electrons. The molecule has 0 atom stereocenters. The quantitative estimate of drug-likeness (QED) is 0.762. The van der Waals surface area contributed by atoms with Crippen molar-refractivity contribution in [3.63, 3.8) is 0 Å².